The smallest absolute Gasteiger partial charge is 0.408 e. The highest BCUT2D eigenvalue weighted by atomic mass is 16.6. The lowest BCUT2D eigenvalue weighted by Gasteiger charge is -2.21. The van der Waals surface area contributed by atoms with E-state index in [9.17, 15) is 9.59 Å². The predicted octanol–water partition coefficient (Wildman–Crippen LogP) is -0.110. The number of carbonyl (C=O) groups excluding carboxylic acids is 2. The van der Waals surface area contributed by atoms with Gasteiger partial charge in [0.1, 0.15) is 11.6 Å². The van der Waals surface area contributed by atoms with Crippen LogP contribution in [0.2, 0.25) is 0 Å². The van der Waals surface area contributed by atoms with Crippen molar-refractivity contribution < 1.29 is 14.3 Å². The highest BCUT2D eigenvalue weighted by molar-refractivity contribution is 5.84. The third-order valence-corrected chi connectivity index (χ3v) is 1.27. The van der Waals surface area contributed by atoms with Crippen LogP contribution in [0.15, 0.2) is 0 Å². The zero-order chi connectivity index (χ0) is 11.4. The number of rotatable bonds is 2. The van der Waals surface area contributed by atoms with E-state index in [2.05, 4.69) is 5.32 Å². The highest BCUT2D eigenvalue weighted by Crippen LogP contribution is 2.06. The summed E-state index contributed by atoms with van der Waals surface area (Å²) in [7, 11) is 0. The molecular formula is C8H17N3O3. The van der Waals surface area contributed by atoms with Crippen molar-refractivity contribution >= 4 is 12.0 Å². The van der Waals surface area contributed by atoms with Crippen molar-refractivity contribution in [2.24, 2.45) is 5.84 Å². The molecule has 0 spiro atoms. The van der Waals surface area contributed by atoms with Crippen LogP contribution in [-0.2, 0) is 9.53 Å². The van der Waals surface area contributed by atoms with Gasteiger partial charge in [0.2, 0.25) is 0 Å². The number of amides is 2. The number of ether oxygens (including phenoxy) is 1. The Kier molecular flexibility index (Phi) is 4.36. The molecule has 0 aliphatic carbocycles. The molecule has 6 heteroatoms. The van der Waals surface area contributed by atoms with Gasteiger partial charge in [0, 0.05) is 0 Å². The summed E-state index contributed by atoms with van der Waals surface area (Å²) in [6.45, 7) is 6.72. The van der Waals surface area contributed by atoms with Gasteiger partial charge in [-0.25, -0.2) is 10.6 Å². The second-order valence-corrected chi connectivity index (χ2v) is 3.88. The minimum atomic E-state index is -0.713. The molecule has 14 heavy (non-hydrogen) atoms. The van der Waals surface area contributed by atoms with Crippen LogP contribution < -0.4 is 16.6 Å². The van der Waals surface area contributed by atoms with Gasteiger partial charge in [-0.3, -0.25) is 10.2 Å². The van der Waals surface area contributed by atoms with E-state index < -0.39 is 23.6 Å². The van der Waals surface area contributed by atoms with Gasteiger partial charge < -0.3 is 10.1 Å². The minimum absolute atomic E-state index is 0.476. The van der Waals surface area contributed by atoms with Crippen LogP contribution in [0, 0.1) is 0 Å². The third-order valence-electron chi connectivity index (χ3n) is 1.27. The maximum Gasteiger partial charge on any atom is 0.408 e. The Morgan fingerprint density at radius 3 is 2.21 bits per heavy atom. The first-order valence-electron chi connectivity index (χ1n) is 4.26. The Bertz CT molecular complexity index is 222. The topological polar surface area (TPSA) is 93.4 Å². The molecular weight excluding hydrogens is 186 g/mol. The van der Waals surface area contributed by atoms with Crippen LogP contribution in [0.25, 0.3) is 0 Å². The quantitative estimate of drug-likeness (QED) is 0.331. The fourth-order valence-corrected chi connectivity index (χ4v) is 0.675. The Morgan fingerprint density at radius 1 is 1.36 bits per heavy atom. The van der Waals surface area contributed by atoms with E-state index in [4.69, 9.17) is 10.6 Å². The molecule has 0 aromatic carbocycles. The number of hydrogen-bond acceptors (Lipinski definition) is 4. The molecule has 0 saturated heterocycles. The third kappa shape index (κ3) is 5.36. The van der Waals surface area contributed by atoms with E-state index in [-0.39, 0.29) is 0 Å². The van der Waals surface area contributed by atoms with Crippen molar-refractivity contribution in [1.82, 2.24) is 10.7 Å². The number of nitrogens with one attached hydrogen (secondary N) is 2. The monoisotopic (exact) mass is 203 g/mol. The molecule has 2 amide bonds. The summed E-state index contributed by atoms with van der Waals surface area (Å²) < 4.78 is 4.93. The van der Waals surface area contributed by atoms with Crippen molar-refractivity contribution in [2.75, 3.05) is 0 Å². The van der Waals surface area contributed by atoms with Gasteiger partial charge in [-0.2, -0.15) is 0 Å². The summed E-state index contributed by atoms with van der Waals surface area (Å²) in [6.07, 6.45) is -0.645. The zero-order valence-electron chi connectivity index (χ0n) is 8.88. The van der Waals surface area contributed by atoms with Crippen LogP contribution in [0.1, 0.15) is 27.7 Å². The number of nitrogens with two attached hydrogens (primary N) is 1. The summed E-state index contributed by atoms with van der Waals surface area (Å²) in [4.78, 5) is 22.0. The molecule has 0 rings (SSSR count). The van der Waals surface area contributed by atoms with E-state index in [0.717, 1.165) is 0 Å². The number of alkyl carbamates (subject to hydrolysis) is 1. The molecule has 1 atom stereocenters. The molecule has 4 N–H and O–H groups in total. The molecule has 0 aromatic rings. The van der Waals surface area contributed by atoms with Gasteiger partial charge in [-0.1, -0.05) is 0 Å². The van der Waals surface area contributed by atoms with Crippen molar-refractivity contribution in [3.63, 3.8) is 0 Å². The molecule has 82 valence electrons. The fourth-order valence-electron chi connectivity index (χ4n) is 0.675. The van der Waals surface area contributed by atoms with Gasteiger partial charge in [0.25, 0.3) is 5.91 Å². The second kappa shape index (κ2) is 4.80. The number of hydrogen-bond donors (Lipinski definition) is 3. The van der Waals surface area contributed by atoms with Crippen LogP contribution in [0.3, 0.4) is 0 Å². The van der Waals surface area contributed by atoms with Crippen molar-refractivity contribution in [2.45, 2.75) is 39.3 Å². The Labute approximate surface area is 83.1 Å². The summed E-state index contributed by atoms with van der Waals surface area (Å²) in [5.41, 5.74) is 1.34. The van der Waals surface area contributed by atoms with Gasteiger partial charge in [0.05, 0.1) is 0 Å². The Morgan fingerprint density at radius 2 is 1.86 bits per heavy atom. The van der Waals surface area contributed by atoms with Crippen LogP contribution >= 0.6 is 0 Å². The van der Waals surface area contributed by atoms with Crippen molar-refractivity contribution in [1.29, 1.82) is 0 Å². The van der Waals surface area contributed by atoms with E-state index in [1.807, 2.05) is 5.43 Å². The predicted molar refractivity (Wildman–Crippen MR) is 51.2 cm³/mol. The molecule has 0 aliphatic rings. The highest BCUT2D eigenvalue weighted by Gasteiger charge is 2.20. The first kappa shape index (κ1) is 12.7. The first-order valence-corrected chi connectivity index (χ1v) is 4.26. The number of carbonyl (C=O) groups is 2. The standard InChI is InChI=1S/C8H17N3O3/c1-5(6(12)11-9)10-7(13)14-8(2,3)4/h5H,9H2,1-4H3,(H,10,13)(H,11,12)/t5-/m0/s1. The fraction of sp³-hybridized carbons (Fsp3) is 0.750. The van der Waals surface area contributed by atoms with E-state index in [1.165, 1.54) is 6.92 Å². The molecule has 0 unspecified atom stereocenters. The Balaban J connectivity index is 4.01. The summed E-state index contributed by atoms with van der Waals surface area (Å²) in [5.74, 6) is 4.41. The molecule has 0 aromatic heterocycles. The van der Waals surface area contributed by atoms with Crippen molar-refractivity contribution in [3.8, 4) is 0 Å². The molecule has 6 nitrogen and oxygen atoms in total. The SMILES string of the molecule is C[C@H](NC(=O)OC(C)(C)C)C(=O)NN. The average Bonchev–Trinajstić information content (AvgIpc) is 1.99. The van der Waals surface area contributed by atoms with E-state index >= 15 is 0 Å². The lowest BCUT2D eigenvalue weighted by atomic mass is 10.2. The van der Waals surface area contributed by atoms with Gasteiger partial charge in [0.15, 0.2) is 0 Å². The minimum Gasteiger partial charge on any atom is -0.444 e. The molecule has 0 aliphatic heterocycles. The summed E-state index contributed by atoms with van der Waals surface area (Å²) in [5, 5.41) is 2.33. The van der Waals surface area contributed by atoms with E-state index in [1.54, 1.807) is 20.8 Å². The largest absolute Gasteiger partial charge is 0.444 e. The normalized spacial score (nSPS) is 12.9. The maximum absolute atomic E-state index is 11.1. The van der Waals surface area contributed by atoms with Crippen LogP contribution in [0.5, 0.6) is 0 Å². The second-order valence-electron chi connectivity index (χ2n) is 3.88. The van der Waals surface area contributed by atoms with Gasteiger partial charge in [-0.15, -0.1) is 0 Å². The van der Waals surface area contributed by atoms with Crippen LogP contribution in [0.4, 0.5) is 4.79 Å². The van der Waals surface area contributed by atoms with E-state index in [0.29, 0.717) is 0 Å². The first-order chi connectivity index (χ1) is 6.26. The zero-order valence-corrected chi connectivity index (χ0v) is 8.88. The molecule has 0 heterocycles. The lowest BCUT2D eigenvalue weighted by molar-refractivity contribution is -0.122. The van der Waals surface area contributed by atoms with Crippen molar-refractivity contribution in [3.05, 3.63) is 0 Å². The molecule has 0 bridgehead atoms. The maximum atomic E-state index is 11.1. The summed E-state index contributed by atoms with van der Waals surface area (Å²) >= 11 is 0. The molecule has 0 saturated carbocycles. The lowest BCUT2D eigenvalue weighted by Crippen LogP contribution is -2.48. The average molecular weight is 203 g/mol. The molecule has 0 fully saturated rings. The van der Waals surface area contributed by atoms with Gasteiger partial charge >= 0.3 is 6.09 Å². The Hall–Kier alpha value is -1.30. The van der Waals surface area contributed by atoms with Gasteiger partial charge in [-0.05, 0) is 27.7 Å². The summed E-state index contributed by atoms with van der Waals surface area (Å²) in [6, 6.07) is -0.713. The molecule has 0 radical (unpaired) electrons. The number of hydrazine groups is 1. The van der Waals surface area contributed by atoms with Crippen LogP contribution in [-0.4, -0.2) is 23.6 Å².